The molecule has 1 aromatic carbocycles. The molecule has 0 bridgehead atoms. The van der Waals surface area contributed by atoms with E-state index < -0.39 is 5.97 Å². The summed E-state index contributed by atoms with van der Waals surface area (Å²) in [5, 5.41) is 8.38. The third kappa shape index (κ3) is 16.8. The SMILES string of the molecule is C=CCN.C=CCN.Cl.O=C(O)c1ccccc1. The number of carbonyl (C=O) groups is 1. The van der Waals surface area contributed by atoms with Crippen LogP contribution in [0.1, 0.15) is 10.4 Å². The lowest BCUT2D eigenvalue weighted by atomic mass is 10.2. The van der Waals surface area contributed by atoms with Gasteiger partial charge in [0.15, 0.2) is 0 Å². The van der Waals surface area contributed by atoms with E-state index in [1.807, 2.05) is 0 Å². The van der Waals surface area contributed by atoms with E-state index in [9.17, 15) is 4.79 Å². The van der Waals surface area contributed by atoms with E-state index in [-0.39, 0.29) is 12.4 Å². The normalized spacial score (nSPS) is 7.22. The predicted molar refractivity (Wildman–Crippen MR) is 79.2 cm³/mol. The highest BCUT2D eigenvalue weighted by atomic mass is 35.5. The Morgan fingerprint density at radius 3 is 1.61 bits per heavy atom. The second-order valence-corrected chi connectivity index (χ2v) is 2.72. The molecule has 0 aliphatic heterocycles. The molecule has 0 saturated carbocycles. The van der Waals surface area contributed by atoms with Gasteiger partial charge in [-0.05, 0) is 12.1 Å². The summed E-state index contributed by atoms with van der Waals surface area (Å²) in [7, 11) is 0. The first-order chi connectivity index (χ1) is 8.13. The third-order valence-electron chi connectivity index (χ3n) is 1.35. The minimum atomic E-state index is -0.879. The molecule has 0 saturated heterocycles. The Hall–Kier alpha value is -1.62. The summed E-state index contributed by atoms with van der Waals surface area (Å²) in [5.41, 5.74) is 10.2. The maximum absolute atomic E-state index is 10.2. The van der Waals surface area contributed by atoms with E-state index in [2.05, 4.69) is 13.2 Å². The van der Waals surface area contributed by atoms with Gasteiger partial charge in [-0.15, -0.1) is 25.6 Å². The Morgan fingerprint density at radius 2 is 1.44 bits per heavy atom. The zero-order chi connectivity index (χ0) is 13.5. The lowest BCUT2D eigenvalue weighted by molar-refractivity contribution is 0.0697. The molecule has 0 amide bonds. The molecule has 0 fully saturated rings. The third-order valence-corrected chi connectivity index (χ3v) is 1.35. The second kappa shape index (κ2) is 17.8. The zero-order valence-electron chi connectivity index (χ0n) is 10.3. The minimum Gasteiger partial charge on any atom is -0.478 e. The quantitative estimate of drug-likeness (QED) is 0.735. The highest BCUT2D eigenvalue weighted by molar-refractivity contribution is 5.87. The van der Waals surface area contributed by atoms with Gasteiger partial charge in [0.05, 0.1) is 5.56 Å². The number of carboxylic acid groups (broad SMARTS) is 1. The topological polar surface area (TPSA) is 89.3 Å². The van der Waals surface area contributed by atoms with Crippen molar-refractivity contribution in [2.75, 3.05) is 13.1 Å². The van der Waals surface area contributed by atoms with Crippen LogP contribution >= 0.6 is 12.4 Å². The fraction of sp³-hybridized carbons (Fsp3) is 0.154. The summed E-state index contributed by atoms with van der Waals surface area (Å²) in [6.45, 7) is 7.87. The monoisotopic (exact) mass is 272 g/mol. The molecular weight excluding hydrogens is 252 g/mol. The van der Waals surface area contributed by atoms with E-state index in [0.29, 0.717) is 18.7 Å². The Balaban J connectivity index is -0.000000214. The van der Waals surface area contributed by atoms with Gasteiger partial charge < -0.3 is 16.6 Å². The summed E-state index contributed by atoms with van der Waals surface area (Å²) in [6, 6.07) is 8.30. The molecule has 0 aromatic heterocycles. The van der Waals surface area contributed by atoms with E-state index in [1.54, 1.807) is 42.5 Å². The van der Waals surface area contributed by atoms with Gasteiger partial charge in [-0.3, -0.25) is 0 Å². The van der Waals surface area contributed by atoms with Gasteiger partial charge in [0, 0.05) is 13.1 Å². The minimum absolute atomic E-state index is 0. The largest absolute Gasteiger partial charge is 0.478 e. The molecule has 0 spiro atoms. The van der Waals surface area contributed by atoms with Crippen molar-refractivity contribution >= 4 is 18.4 Å². The van der Waals surface area contributed by atoms with Crippen LogP contribution in [0.3, 0.4) is 0 Å². The Kier molecular flexibility index (Phi) is 21.4. The van der Waals surface area contributed by atoms with Crippen molar-refractivity contribution in [3.05, 3.63) is 61.2 Å². The summed E-state index contributed by atoms with van der Waals surface area (Å²) >= 11 is 0. The Morgan fingerprint density at radius 1 is 1.11 bits per heavy atom. The molecule has 0 atom stereocenters. The molecule has 18 heavy (non-hydrogen) atoms. The molecule has 0 aliphatic carbocycles. The first kappa shape index (κ1) is 21.6. The van der Waals surface area contributed by atoms with Crippen molar-refractivity contribution in [2.24, 2.45) is 11.5 Å². The fourth-order valence-electron chi connectivity index (χ4n) is 0.581. The number of benzene rings is 1. The van der Waals surface area contributed by atoms with Gasteiger partial charge in [0.1, 0.15) is 0 Å². The molecular formula is C13H21ClN2O2. The number of carboxylic acids is 1. The maximum atomic E-state index is 10.2. The molecule has 0 radical (unpaired) electrons. The first-order valence-electron chi connectivity index (χ1n) is 5.04. The van der Waals surface area contributed by atoms with Crippen LogP contribution in [0, 0.1) is 0 Å². The zero-order valence-corrected chi connectivity index (χ0v) is 11.1. The lowest BCUT2D eigenvalue weighted by Crippen LogP contribution is -1.93. The fourth-order valence-corrected chi connectivity index (χ4v) is 0.581. The van der Waals surface area contributed by atoms with Crippen LogP contribution in [-0.4, -0.2) is 24.2 Å². The highest BCUT2D eigenvalue weighted by Gasteiger charge is 1.96. The van der Waals surface area contributed by atoms with Crippen LogP contribution in [0.25, 0.3) is 0 Å². The average molecular weight is 273 g/mol. The molecule has 102 valence electrons. The molecule has 5 N–H and O–H groups in total. The van der Waals surface area contributed by atoms with Gasteiger partial charge in [0.25, 0.3) is 0 Å². The number of hydrogen-bond acceptors (Lipinski definition) is 3. The molecule has 0 unspecified atom stereocenters. The van der Waals surface area contributed by atoms with Crippen LogP contribution in [0.15, 0.2) is 55.6 Å². The second-order valence-electron chi connectivity index (χ2n) is 2.72. The van der Waals surface area contributed by atoms with Crippen LogP contribution in [0.4, 0.5) is 0 Å². The van der Waals surface area contributed by atoms with Gasteiger partial charge in [-0.25, -0.2) is 4.79 Å². The van der Waals surface area contributed by atoms with E-state index in [1.165, 1.54) is 0 Å². The van der Waals surface area contributed by atoms with Crippen molar-refractivity contribution < 1.29 is 9.90 Å². The standard InChI is InChI=1S/C7H6O2.2C3H7N.ClH/c8-7(9)6-4-2-1-3-5-6;2*1-2-3-4;/h1-5H,(H,8,9);2*2H,1,3-4H2;1H. The molecule has 0 aliphatic rings. The Labute approximate surface area is 114 Å². The summed E-state index contributed by atoms with van der Waals surface area (Å²) < 4.78 is 0. The van der Waals surface area contributed by atoms with Crippen molar-refractivity contribution in [1.29, 1.82) is 0 Å². The number of nitrogens with two attached hydrogens (primary N) is 2. The molecule has 0 heterocycles. The van der Waals surface area contributed by atoms with Gasteiger partial charge in [0.2, 0.25) is 0 Å². The maximum Gasteiger partial charge on any atom is 0.335 e. The van der Waals surface area contributed by atoms with Gasteiger partial charge >= 0.3 is 5.97 Å². The van der Waals surface area contributed by atoms with E-state index >= 15 is 0 Å². The lowest BCUT2D eigenvalue weighted by Gasteiger charge is -1.88. The van der Waals surface area contributed by atoms with Crippen LogP contribution in [0.5, 0.6) is 0 Å². The van der Waals surface area contributed by atoms with Crippen molar-refractivity contribution in [3.63, 3.8) is 0 Å². The highest BCUT2D eigenvalue weighted by Crippen LogP contribution is 1.96. The van der Waals surface area contributed by atoms with Gasteiger partial charge in [-0.1, -0.05) is 30.4 Å². The molecule has 1 aromatic rings. The summed E-state index contributed by atoms with van der Waals surface area (Å²) in [4.78, 5) is 10.2. The average Bonchev–Trinajstić information content (AvgIpc) is 2.40. The van der Waals surface area contributed by atoms with E-state index in [4.69, 9.17) is 16.6 Å². The van der Waals surface area contributed by atoms with E-state index in [0.717, 1.165) is 0 Å². The number of halogens is 1. The Bertz CT molecular complexity index is 308. The van der Waals surface area contributed by atoms with Crippen LogP contribution in [0.2, 0.25) is 0 Å². The van der Waals surface area contributed by atoms with Crippen LogP contribution in [-0.2, 0) is 0 Å². The number of aromatic carboxylic acids is 1. The van der Waals surface area contributed by atoms with Crippen molar-refractivity contribution in [3.8, 4) is 0 Å². The van der Waals surface area contributed by atoms with Crippen molar-refractivity contribution in [2.45, 2.75) is 0 Å². The summed E-state index contributed by atoms with van der Waals surface area (Å²) in [5.74, 6) is -0.879. The first-order valence-corrected chi connectivity index (χ1v) is 5.04. The van der Waals surface area contributed by atoms with Crippen LogP contribution < -0.4 is 11.5 Å². The smallest absolute Gasteiger partial charge is 0.335 e. The molecule has 4 nitrogen and oxygen atoms in total. The summed E-state index contributed by atoms with van der Waals surface area (Å²) in [6.07, 6.45) is 3.31. The predicted octanol–water partition coefficient (Wildman–Crippen LogP) is 2.07. The van der Waals surface area contributed by atoms with Crippen molar-refractivity contribution in [1.82, 2.24) is 0 Å². The number of rotatable bonds is 3. The molecule has 5 heteroatoms. The number of hydrogen-bond donors (Lipinski definition) is 3. The molecule has 1 rings (SSSR count). The van der Waals surface area contributed by atoms with Gasteiger partial charge in [-0.2, -0.15) is 0 Å².